The number of halogens is 4. The van der Waals surface area contributed by atoms with E-state index in [0.717, 1.165) is 29.3 Å². The molecular formula is C19H23Br4NO4Si. The van der Waals surface area contributed by atoms with Crippen molar-refractivity contribution in [2.75, 3.05) is 32.4 Å². The van der Waals surface area contributed by atoms with E-state index < -0.39 is 8.24 Å². The van der Waals surface area contributed by atoms with Crippen molar-refractivity contribution in [3.8, 4) is 11.5 Å². The van der Waals surface area contributed by atoms with Gasteiger partial charge in [0.2, 0.25) is 0 Å². The fourth-order valence-electron chi connectivity index (χ4n) is 2.80. The van der Waals surface area contributed by atoms with Crippen molar-refractivity contribution in [3.05, 3.63) is 42.2 Å². The summed E-state index contributed by atoms with van der Waals surface area (Å²) in [6.07, 6.45) is 0. The zero-order valence-corrected chi connectivity index (χ0v) is 24.2. The number of anilines is 2. The molecule has 0 atom stereocenters. The molecule has 0 bridgehead atoms. The molecule has 2 aromatic rings. The summed E-state index contributed by atoms with van der Waals surface area (Å²) < 4.78 is 28.0. The molecule has 0 saturated heterocycles. The van der Waals surface area contributed by atoms with E-state index in [9.17, 15) is 0 Å². The molecule has 2 aromatic carbocycles. The lowest BCUT2D eigenvalue weighted by atomic mass is 10.2. The third-order valence-electron chi connectivity index (χ3n) is 3.77. The van der Waals surface area contributed by atoms with Crippen LogP contribution in [-0.4, -0.2) is 36.0 Å². The van der Waals surface area contributed by atoms with Crippen LogP contribution in [0.1, 0.15) is 0 Å². The van der Waals surface area contributed by atoms with E-state index in [4.69, 9.17) is 18.9 Å². The highest BCUT2D eigenvalue weighted by molar-refractivity contribution is 9.11. The molecule has 0 unspecified atom stereocenters. The first kappa shape index (κ1) is 25.2. The second kappa shape index (κ2) is 11.0. The smallest absolute Gasteiger partial charge is 0.188 e. The summed E-state index contributed by atoms with van der Waals surface area (Å²) in [4.78, 5) is 0. The maximum Gasteiger partial charge on any atom is 0.188 e. The Morgan fingerprint density at radius 1 is 0.724 bits per heavy atom. The van der Waals surface area contributed by atoms with Crippen molar-refractivity contribution in [3.63, 3.8) is 0 Å². The Kier molecular flexibility index (Phi) is 9.52. The van der Waals surface area contributed by atoms with Crippen molar-refractivity contribution in [1.29, 1.82) is 0 Å². The van der Waals surface area contributed by atoms with Gasteiger partial charge < -0.3 is 23.5 Å². The Balaban J connectivity index is 2.79. The highest BCUT2D eigenvalue weighted by atomic mass is 79.9. The average molecular weight is 677 g/mol. The van der Waals surface area contributed by atoms with Gasteiger partial charge in [-0.05, 0) is 56.1 Å². The molecule has 0 fully saturated rings. The second-order valence-electron chi connectivity index (χ2n) is 7.08. The lowest BCUT2D eigenvalue weighted by Crippen LogP contribution is -2.43. The topological polar surface area (TPSA) is 40.2 Å². The summed E-state index contributed by atoms with van der Waals surface area (Å²) in [6, 6.07) is 8.00. The first-order valence-electron chi connectivity index (χ1n) is 8.62. The Labute approximate surface area is 206 Å². The summed E-state index contributed by atoms with van der Waals surface area (Å²) in [6.45, 7) is 7.06. The first-order chi connectivity index (χ1) is 13.6. The third kappa shape index (κ3) is 6.44. The fraction of sp³-hybridized carbons (Fsp3) is 0.368. The second-order valence-corrected chi connectivity index (χ2v) is 15.4. The maximum atomic E-state index is 5.95. The lowest BCUT2D eigenvalue weighted by Gasteiger charge is -2.38. The van der Waals surface area contributed by atoms with Gasteiger partial charge >= 0.3 is 0 Å². The van der Waals surface area contributed by atoms with Gasteiger partial charge in [0.15, 0.2) is 33.3 Å². The molecule has 5 nitrogen and oxygen atoms in total. The summed E-state index contributed by atoms with van der Waals surface area (Å²) in [5.41, 5.74) is 1.82. The van der Waals surface area contributed by atoms with Gasteiger partial charge in [0.05, 0.1) is 20.3 Å². The minimum Gasteiger partial charge on any atom is -0.464 e. The normalized spacial score (nSPS) is 11.5. The number of hydrogen-bond donors (Lipinski definition) is 0. The van der Waals surface area contributed by atoms with Crippen LogP contribution in [0.3, 0.4) is 0 Å². The molecule has 0 N–H and O–H groups in total. The molecular weight excluding hydrogens is 654 g/mol. The molecule has 160 valence electrons. The van der Waals surface area contributed by atoms with Crippen LogP contribution in [0.4, 0.5) is 11.4 Å². The summed E-state index contributed by atoms with van der Waals surface area (Å²) in [5.74, 6) is 1.40. The van der Waals surface area contributed by atoms with E-state index in [1.165, 1.54) is 0 Å². The van der Waals surface area contributed by atoms with Crippen LogP contribution in [0.5, 0.6) is 11.5 Å². The number of hydrogen-bond acceptors (Lipinski definition) is 5. The van der Waals surface area contributed by atoms with Crippen molar-refractivity contribution in [1.82, 2.24) is 0 Å². The van der Waals surface area contributed by atoms with Crippen LogP contribution in [0, 0.1) is 0 Å². The zero-order valence-electron chi connectivity index (χ0n) is 16.8. The van der Waals surface area contributed by atoms with Crippen LogP contribution in [0.15, 0.2) is 42.2 Å². The van der Waals surface area contributed by atoms with Crippen molar-refractivity contribution in [2.24, 2.45) is 0 Å². The number of benzene rings is 2. The van der Waals surface area contributed by atoms with Crippen LogP contribution < -0.4 is 14.0 Å². The number of ether oxygens (including phenoxy) is 4. The Morgan fingerprint density at radius 3 is 1.41 bits per heavy atom. The lowest BCUT2D eigenvalue weighted by molar-refractivity contribution is 0.0506. The van der Waals surface area contributed by atoms with Gasteiger partial charge in [-0.3, -0.25) is 0 Å². The van der Waals surface area contributed by atoms with E-state index in [0.29, 0.717) is 11.5 Å². The maximum absolute atomic E-state index is 5.95. The molecule has 0 amide bonds. The average Bonchev–Trinajstić information content (AvgIpc) is 2.59. The van der Waals surface area contributed by atoms with E-state index in [1.54, 1.807) is 14.2 Å². The van der Waals surface area contributed by atoms with Gasteiger partial charge in [-0.15, -0.1) is 0 Å². The quantitative estimate of drug-likeness (QED) is 0.201. The highest BCUT2D eigenvalue weighted by Gasteiger charge is 2.32. The monoisotopic (exact) mass is 673 g/mol. The Hall–Kier alpha value is -0.103. The van der Waals surface area contributed by atoms with Gasteiger partial charge in [0.1, 0.15) is 0 Å². The zero-order chi connectivity index (χ0) is 21.8. The predicted octanol–water partition coefficient (Wildman–Crippen LogP) is 7.68. The fourth-order valence-corrected chi connectivity index (χ4v) is 7.21. The SMILES string of the molecule is COCOc1c(Br)cc(Br)cc1N(c1cc(Br)cc(Br)c1OCOC)[Si](C)(C)C. The third-order valence-corrected chi connectivity index (χ3v) is 7.69. The van der Waals surface area contributed by atoms with Gasteiger partial charge in [-0.25, -0.2) is 0 Å². The molecule has 0 radical (unpaired) electrons. The molecule has 0 saturated carbocycles. The molecule has 0 spiro atoms. The van der Waals surface area contributed by atoms with E-state index in [2.05, 4.69) is 87.9 Å². The van der Waals surface area contributed by atoms with E-state index in [-0.39, 0.29) is 13.6 Å². The molecule has 0 aliphatic carbocycles. The van der Waals surface area contributed by atoms with Crippen LogP contribution in [-0.2, 0) is 9.47 Å². The minimum atomic E-state index is -1.99. The summed E-state index contributed by atoms with van der Waals surface area (Å²) >= 11 is 14.5. The molecule has 29 heavy (non-hydrogen) atoms. The van der Waals surface area contributed by atoms with Gasteiger partial charge in [0, 0.05) is 23.2 Å². The van der Waals surface area contributed by atoms with E-state index in [1.807, 2.05) is 24.3 Å². The molecule has 2 rings (SSSR count). The van der Waals surface area contributed by atoms with Crippen LogP contribution in [0.25, 0.3) is 0 Å². The van der Waals surface area contributed by atoms with Crippen molar-refractivity contribution < 1.29 is 18.9 Å². The van der Waals surface area contributed by atoms with Crippen LogP contribution >= 0.6 is 63.7 Å². The Morgan fingerprint density at radius 2 is 1.10 bits per heavy atom. The molecule has 0 aliphatic heterocycles. The molecule has 0 aliphatic rings. The number of methoxy groups -OCH3 is 2. The van der Waals surface area contributed by atoms with Gasteiger partial charge in [-0.1, -0.05) is 51.5 Å². The summed E-state index contributed by atoms with van der Waals surface area (Å²) in [7, 11) is 1.21. The highest BCUT2D eigenvalue weighted by Crippen LogP contribution is 2.49. The number of nitrogens with zero attached hydrogens (tertiary/aromatic N) is 1. The molecule has 10 heteroatoms. The standard InChI is InChI=1S/C19H23Br4NO4Si/c1-25-10-27-18-14(22)6-12(20)8-16(18)24(29(3,4)5)17-9-13(21)7-15(23)19(17)28-11-26-2/h6-9H,10-11H2,1-5H3. The largest absolute Gasteiger partial charge is 0.464 e. The van der Waals surface area contributed by atoms with Gasteiger partial charge in [0.25, 0.3) is 0 Å². The predicted molar refractivity (Wildman–Crippen MR) is 134 cm³/mol. The van der Waals surface area contributed by atoms with Crippen molar-refractivity contribution in [2.45, 2.75) is 19.6 Å². The molecule has 0 aromatic heterocycles. The van der Waals surface area contributed by atoms with Crippen LogP contribution in [0.2, 0.25) is 19.6 Å². The minimum absolute atomic E-state index is 0.141. The number of rotatable bonds is 9. The molecule has 0 heterocycles. The van der Waals surface area contributed by atoms with E-state index >= 15 is 0 Å². The summed E-state index contributed by atoms with van der Waals surface area (Å²) in [5, 5.41) is 0. The van der Waals surface area contributed by atoms with Gasteiger partial charge in [-0.2, -0.15) is 0 Å². The van der Waals surface area contributed by atoms with Crippen molar-refractivity contribution >= 4 is 83.3 Å². The Bertz CT molecular complexity index is 798. The first-order valence-corrected chi connectivity index (χ1v) is 15.2.